The van der Waals surface area contributed by atoms with Crippen LogP contribution in [0.4, 0.5) is 4.79 Å². The van der Waals surface area contributed by atoms with Crippen LogP contribution in [0.3, 0.4) is 0 Å². The second kappa shape index (κ2) is 10.7. The number of nitrogens with zero attached hydrogens (tertiary/aromatic N) is 2. The molecule has 174 valence electrons. The largest absolute Gasteiger partial charge is 0.492 e. The molecule has 0 saturated carbocycles. The summed E-state index contributed by atoms with van der Waals surface area (Å²) >= 11 is 0. The summed E-state index contributed by atoms with van der Waals surface area (Å²) < 4.78 is 5.64. The molecule has 7 nitrogen and oxygen atoms in total. The van der Waals surface area contributed by atoms with E-state index >= 15 is 0 Å². The topological polar surface area (TPSA) is 79.0 Å². The van der Waals surface area contributed by atoms with Gasteiger partial charge in [0.15, 0.2) is 0 Å². The molecule has 4 rings (SSSR count). The minimum Gasteiger partial charge on any atom is -0.492 e. The molecule has 34 heavy (non-hydrogen) atoms. The summed E-state index contributed by atoms with van der Waals surface area (Å²) in [4.78, 5) is 41.5. The zero-order valence-corrected chi connectivity index (χ0v) is 19.0. The Morgan fingerprint density at radius 1 is 0.941 bits per heavy atom. The van der Waals surface area contributed by atoms with Crippen LogP contribution in [0.25, 0.3) is 0 Å². The van der Waals surface area contributed by atoms with Crippen molar-refractivity contribution in [3.05, 3.63) is 102 Å². The van der Waals surface area contributed by atoms with Crippen LogP contribution in [0.5, 0.6) is 5.75 Å². The van der Waals surface area contributed by atoms with Gasteiger partial charge in [-0.25, -0.2) is 4.79 Å². The molecule has 7 heteroatoms. The van der Waals surface area contributed by atoms with E-state index in [4.69, 9.17) is 4.74 Å². The van der Waals surface area contributed by atoms with Gasteiger partial charge in [-0.2, -0.15) is 0 Å². The lowest BCUT2D eigenvalue weighted by Gasteiger charge is -2.22. The highest BCUT2D eigenvalue weighted by Crippen LogP contribution is 2.32. The number of nitrogens with one attached hydrogen (secondary N) is 1. The van der Waals surface area contributed by atoms with Crippen molar-refractivity contribution in [1.29, 1.82) is 0 Å². The first-order valence-corrected chi connectivity index (χ1v) is 11.2. The average Bonchev–Trinajstić information content (AvgIpc) is 3.07. The number of carbonyl (C=O) groups excluding carboxylic acids is 3. The number of aryl methyl sites for hydroxylation is 1. The van der Waals surface area contributed by atoms with Gasteiger partial charge in [-0.1, -0.05) is 72.8 Å². The van der Waals surface area contributed by atoms with Crippen LogP contribution in [-0.2, 0) is 16.1 Å². The van der Waals surface area contributed by atoms with Crippen LogP contribution in [0, 0.1) is 6.92 Å². The molecule has 3 aromatic rings. The Hall–Kier alpha value is -4.13. The smallest absolute Gasteiger partial charge is 0.328 e. The van der Waals surface area contributed by atoms with E-state index in [1.165, 1.54) is 4.90 Å². The number of rotatable bonds is 9. The molecule has 0 spiro atoms. The van der Waals surface area contributed by atoms with Crippen molar-refractivity contribution < 1.29 is 19.1 Å². The molecule has 1 atom stereocenters. The maximum atomic E-state index is 13.3. The Morgan fingerprint density at radius 2 is 1.65 bits per heavy atom. The van der Waals surface area contributed by atoms with Gasteiger partial charge in [0.2, 0.25) is 5.91 Å². The lowest BCUT2D eigenvalue weighted by atomic mass is 10.1. The van der Waals surface area contributed by atoms with Gasteiger partial charge >= 0.3 is 6.03 Å². The van der Waals surface area contributed by atoms with Crippen molar-refractivity contribution in [2.45, 2.75) is 19.5 Å². The van der Waals surface area contributed by atoms with Crippen molar-refractivity contribution in [2.75, 3.05) is 19.7 Å². The second-order valence-electron chi connectivity index (χ2n) is 8.15. The highest BCUT2D eigenvalue weighted by atomic mass is 16.5. The number of benzene rings is 3. The van der Waals surface area contributed by atoms with Gasteiger partial charge in [0, 0.05) is 6.54 Å². The summed E-state index contributed by atoms with van der Waals surface area (Å²) in [5.74, 6) is -0.0948. The van der Waals surface area contributed by atoms with Crippen molar-refractivity contribution in [1.82, 2.24) is 15.1 Å². The minimum atomic E-state index is -0.772. The predicted molar refractivity (Wildman–Crippen MR) is 128 cm³/mol. The average molecular weight is 458 g/mol. The molecule has 1 saturated heterocycles. The maximum absolute atomic E-state index is 13.3. The van der Waals surface area contributed by atoms with Crippen LogP contribution in [0.15, 0.2) is 84.9 Å². The Bertz CT molecular complexity index is 1150. The number of imide groups is 1. The highest BCUT2D eigenvalue weighted by Gasteiger charge is 2.46. The molecular weight excluding hydrogens is 430 g/mol. The van der Waals surface area contributed by atoms with Crippen LogP contribution in [0.2, 0.25) is 0 Å². The van der Waals surface area contributed by atoms with E-state index in [1.54, 1.807) is 0 Å². The fourth-order valence-electron chi connectivity index (χ4n) is 3.95. The van der Waals surface area contributed by atoms with Gasteiger partial charge in [-0.3, -0.25) is 14.5 Å². The molecule has 1 N–H and O–H groups in total. The normalized spacial score (nSPS) is 15.5. The van der Waals surface area contributed by atoms with E-state index in [0.29, 0.717) is 5.56 Å². The standard InChI is InChI=1S/C27H27N3O4/c1-20-9-8-14-23(17-20)34-16-15-28-24(31)19-30-26(32)25(22-12-6-3-7-13-22)29(27(30)33)18-21-10-4-2-5-11-21/h2-14,17,25H,15-16,18-19H2,1H3,(H,28,31). The zero-order chi connectivity index (χ0) is 23.9. The van der Waals surface area contributed by atoms with Gasteiger partial charge in [0.1, 0.15) is 24.9 Å². The third kappa shape index (κ3) is 5.43. The molecule has 0 bridgehead atoms. The van der Waals surface area contributed by atoms with Crippen LogP contribution < -0.4 is 10.1 Å². The minimum absolute atomic E-state index is 0.263. The Kier molecular flexibility index (Phi) is 7.22. The first-order chi connectivity index (χ1) is 16.5. The summed E-state index contributed by atoms with van der Waals surface area (Å²) in [5, 5.41) is 2.73. The molecule has 1 aliphatic heterocycles. The van der Waals surface area contributed by atoms with E-state index in [9.17, 15) is 14.4 Å². The third-order valence-corrected chi connectivity index (χ3v) is 5.58. The van der Waals surface area contributed by atoms with Gasteiger partial charge in [0.05, 0.1) is 6.54 Å². The monoisotopic (exact) mass is 457 g/mol. The van der Waals surface area contributed by atoms with E-state index in [-0.39, 0.29) is 26.2 Å². The van der Waals surface area contributed by atoms with Crippen molar-refractivity contribution in [3.63, 3.8) is 0 Å². The molecule has 4 amide bonds. The molecule has 0 aromatic heterocycles. The van der Waals surface area contributed by atoms with Gasteiger partial charge in [-0.15, -0.1) is 0 Å². The third-order valence-electron chi connectivity index (χ3n) is 5.58. The van der Waals surface area contributed by atoms with Crippen molar-refractivity contribution in [3.8, 4) is 5.75 Å². The van der Waals surface area contributed by atoms with Crippen LogP contribution in [0.1, 0.15) is 22.7 Å². The maximum Gasteiger partial charge on any atom is 0.328 e. The molecule has 1 fully saturated rings. The first-order valence-electron chi connectivity index (χ1n) is 11.2. The summed E-state index contributed by atoms with van der Waals surface area (Å²) in [6.07, 6.45) is 0. The number of hydrogen-bond acceptors (Lipinski definition) is 4. The highest BCUT2D eigenvalue weighted by molar-refractivity contribution is 6.06. The van der Waals surface area contributed by atoms with Gasteiger partial charge in [0.25, 0.3) is 5.91 Å². The number of hydrogen-bond donors (Lipinski definition) is 1. The van der Waals surface area contributed by atoms with E-state index in [1.807, 2.05) is 91.9 Å². The zero-order valence-electron chi connectivity index (χ0n) is 19.0. The summed E-state index contributed by atoms with van der Waals surface area (Å²) in [7, 11) is 0. The molecule has 0 radical (unpaired) electrons. The number of ether oxygens (including phenoxy) is 1. The molecule has 3 aromatic carbocycles. The fraction of sp³-hybridized carbons (Fsp3) is 0.222. The number of carbonyl (C=O) groups is 3. The SMILES string of the molecule is Cc1cccc(OCCNC(=O)CN2C(=O)C(c3ccccc3)N(Cc3ccccc3)C2=O)c1. The molecule has 0 aliphatic carbocycles. The predicted octanol–water partition coefficient (Wildman–Crippen LogP) is 3.70. The lowest BCUT2D eigenvalue weighted by Crippen LogP contribution is -2.42. The van der Waals surface area contributed by atoms with Crippen molar-refractivity contribution >= 4 is 17.8 Å². The summed E-state index contributed by atoms with van der Waals surface area (Å²) in [5.41, 5.74) is 2.70. The second-order valence-corrected chi connectivity index (χ2v) is 8.15. The Labute approximate surface area is 198 Å². The van der Waals surface area contributed by atoms with Crippen LogP contribution >= 0.6 is 0 Å². The summed E-state index contributed by atoms with van der Waals surface area (Å²) in [6, 6.07) is 25.0. The quantitative estimate of drug-likeness (QED) is 0.393. The molecule has 1 heterocycles. The van der Waals surface area contributed by atoms with E-state index in [0.717, 1.165) is 21.8 Å². The molecular formula is C27H27N3O4. The number of urea groups is 1. The van der Waals surface area contributed by atoms with Gasteiger partial charge < -0.3 is 15.0 Å². The van der Waals surface area contributed by atoms with E-state index in [2.05, 4.69) is 5.32 Å². The number of amides is 4. The van der Waals surface area contributed by atoms with Crippen LogP contribution in [-0.4, -0.2) is 47.3 Å². The summed E-state index contributed by atoms with van der Waals surface area (Å²) in [6.45, 7) is 2.45. The van der Waals surface area contributed by atoms with E-state index < -0.39 is 23.9 Å². The Morgan fingerprint density at radius 3 is 2.35 bits per heavy atom. The molecule has 1 unspecified atom stereocenters. The first kappa shape index (κ1) is 23.0. The fourth-order valence-corrected chi connectivity index (χ4v) is 3.95. The Balaban J connectivity index is 1.40. The molecule has 1 aliphatic rings. The lowest BCUT2D eigenvalue weighted by molar-refractivity contribution is -0.132. The van der Waals surface area contributed by atoms with Crippen molar-refractivity contribution in [2.24, 2.45) is 0 Å². The van der Waals surface area contributed by atoms with Gasteiger partial charge in [-0.05, 0) is 35.7 Å².